The summed E-state index contributed by atoms with van der Waals surface area (Å²) in [4.78, 5) is 22.9. The zero-order valence-electron chi connectivity index (χ0n) is 24.3. The number of aromatic nitrogens is 3. The smallest absolute Gasteiger partial charge is 0.421 e. The molecule has 2 atom stereocenters. The van der Waals surface area contributed by atoms with Gasteiger partial charge in [-0.1, -0.05) is 0 Å². The minimum absolute atomic E-state index is 0.0413. The number of imidazole rings is 1. The molecule has 0 radical (unpaired) electrons. The van der Waals surface area contributed by atoms with Gasteiger partial charge in [-0.25, -0.2) is 23.5 Å². The molecule has 2 aliphatic rings. The summed E-state index contributed by atoms with van der Waals surface area (Å²) in [5.41, 5.74) is 0.690. The van der Waals surface area contributed by atoms with E-state index in [1.807, 2.05) is 16.4 Å². The first-order chi connectivity index (χ1) is 21.4. The fourth-order valence-electron chi connectivity index (χ4n) is 5.71. The molecule has 2 aromatic heterocycles. The Morgan fingerprint density at radius 1 is 1.16 bits per heavy atom. The Morgan fingerprint density at radius 3 is 2.58 bits per heavy atom. The molecule has 0 saturated carbocycles. The molecule has 14 heteroatoms. The quantitative estimate of drug-likeness (QED) is 0.227. The van der Waals surface area contributed by atoms with E-state index in [1.54, 1.807) is 0 Å². The number of pyridine rings is 1. The van der Waals surface area contributed by atoms with Crippen molar-refractivity contribution >= 4 is 17.0 Å². The van der Waals surface area contributed by atoms with E-state index in [-0.39, 0.29) is 30.2 Å². The molecule has 0 amide bonds. The van der Waals surface area contributed by atoms with Crippen LogP contribution < -0.4 is 9.47 Å². The van der Waals surface area contributed by atoms with E-state index in [2.05, 4.69) is 4.98 Å². The Labute approximate surface area is 254 Å². The number of alkyl halides is 3. The van der Waals surface area contributed by atoms with E-state index >= 15 is 0 Å². The van der Waals surface area contributed by atoms with Gasteiger partial charge in [0.05, 0.1) is 49.1 Å². The second-order valence-electron chi connectivity index (χ2n) is 11.1. The zero-order valence-corrected chi connectivity index (χ0v) is 24.3. The Bertz CT molecular complexity index is 1770. The number of hydrogen-bond donors (Lipinski definition) is 1. The molecular weight excluding hydrogens is 603 g/mol. The molecule has 0 spiro atoms. The van der Waals surface area contributed by atoms with Crippen LogP contribution in [0.1, 0.15) is 58.0 Å². The van der Waals surface area contributed by atoms with Crippen LogP contribution in [-0.2, 0) is 37.0 Å². The molecule has 45 heavy (non-hydrogen) atoms. The SMILES string of the molecule is COc1cc(C(=O)O)cc2c1nc(CN1CCc3cc(C(F)(F)F)c(OCc4ccc(F)cc4F)nc3[C@@H]1C)n2C[C@@H]1CCO1. The molecule has 1 saturated heterocycles. The molecule has 9 nitrogen and oxygen atoms in total. The standard InChI is InChI=1S/C31H29F5N4O5/c1-16-27-17(9-22(31(34,35)36)29(38-27)45-15-18-3-4-20(32)12-23(18)33)5-7-39(16)14-26-37-28-24(40(26)13-21-6-8-44-21)10-19(30(41)42)11-25(28)43-2/h3-4,9-12,16,21H,5-8,13-15H2,1-2H3,(H,41,42)/t16-,21-/m0/s1. The summed E-state index contributed by atoms with van der Waals surface area (Å²) >= 11 is 0. The third kappa shape index (κ3) is 6.03. The summed E-state index contributed by atoms with van der Waals surface area (Å²) in [7, 11) is 1.43. The lowest BCUT2D eigenvalue weighted by atomic mass is 9.97. The first-order valence-electron chi connectivity index (χ1n) is 14.3. The lowest BCUT2D eigenvalue weighted by Crippen LogP contribution is -2.36. The van der Waals surface area contributed by atoms with Gasteiger partial charge in [0, 0.05) is 24.8 Å². The molecule has 2 aliphatic heterocycles. The average Bonchev–Trinajstić information content (AvgIpc) is 3.31. The van der Waals surface area contributed by atoms with Gasteiger partial charge in [0.1, 0.15) is 40.9 Å². The van der Waals surface area contributed by atoms with Crippen molar-refractivity contribution in [1.82, 2.24) is 19.4 Å². The van der Waals surface area contributed by atoms with E-state index in [4.69, 9.17) is 19.2 Å². The normalized spacial score (nSPS) is 18.5. The van der Waals surface area contributed by atoms with Crippen LogP contribution in [0.4, 0.5) is 22.0 Å². The molecule has 0 unspecified atom stereocenters. The van der Waals surface area contributed by atoms with Crippen LogP contribution in [-0.4, -0.2) is 56.9 Å². The second kappa shape index (κ2) is 11.9. The number of benzene rings is 2. The second-order valence-corrected chi connectivity index (χ2v) is 11.1. The first-order valence-corrected chi connectivity index (χ1v) is 14.3. The van der Waals surface area contributed by atoms with Gasteiger partial charge < -0.3 is 23.9 Å². The van der Waals surface area contributed by atoms with Crippen molar-refractivity contribution in [3.8, 4) is 11.6 Å². The summed E-state index contributed by atoms with van der Waals surface area (Å²) in [6.07, 6.45) is -3.76. The number of aromatic carboxylic acids is 1. The topological polar surface area (TPSA) is 98.9 Å². The number of halogens is 5. The summed E-state index contributed by atoms with van der Waals surface area (Å²) in [5.74, 6) is -2.66. The number of hydrogen-bond acceptors (Lipinski definition) is 7. The van der Waals surface area contributed by atoms with Gasteiger partial charge in [0.25, 0.3) is 0 Å². The van der Waals surface area contributed by atoms with Crippen LogP contribution in [0, 0.1) is 11.6 Å². The van der Waals surface area contributed by atoms with Gasteiger partial charge in [0.2, 0.25) is 5.88 Å². The maximum atomic E-state index is 14.2. The van der Waals surface area contributed by atoms with Gasteiger partial charge in [-0.05, 0) is 55.7 Å². The summed E-state index contributed by atoms with van der Waals surface area (Å²) in [5, 5.41) is 9.67. The molecule has 4 heterocycles. The molecule has 1 N–H and O–H groups in total. The minimum atomic E-state index is -4.78. The molecule has 0 aliphatic carbocycles. The van der Waals surface area contributed by atoms with Gasteiger partial charge in [0.15, 0.2) is 0 Å². The fraction of sp³-hybridized carbons (Fsp3) is 0.387. The number of carboxylic acid groups (broad SMARTS) is 1. The minimum Gasteiger partial charge on any atom is -0.494 e. The van der Waals surface area contributed by atoms with Gasteiger partial charge in [-0.15, -0.1) is 0 Å². The van der Waals surface area contributed by atoms with Gasteiger partial charge in [-0.3, -0.25) is 4.90 Å². The Balaban J connectivity index is 1.33. The predicted octanol–water partition coefficient (Wildman–Crippen LogP) is 5.92. The Morgan fingerprint density at radius 2 is 1.93 bits per heavy atom. The molecule has 4 aromatic rings. The lowest BCUT2D eigenvalue weighted by Gasteiger charge is -2.35. The third-order valence-electron chi connectivity index (χ3n) is 8.29. The third-order valence-corrected chi connectivity index (χ3v) is 8.29. The van der Waals surface area contributed by atoms with E-state index in [0.29, 0.717) is 59.6 Å². The number of nitrogens with zero attached hydrogens (tertiary/aromatic N) is 4. The van der Waals surface area contributed by atoms with Crippen molar-refractivity contribution in [2.45, 2.75) is 57.8 Å². The number of carbonyl (C=O) groups is 1. The van der Waals surface area contributed by atoms with E-state index in [0.717, 1.165) is 24.6 Å². The van der Waals surface area contributed by atoms with Crippen molar-refractivity contribution < 1.29 is 46.1 Å². The number of rotatable bonds is 9. The highest BCUT2D eigenvalue weighted by Crippen LogP contribution is 2.40. The summed E-state index contributed by atoms with van der Waals surface area (Å²) in [6, 6.07) is 6.24. The number of fused-ring (bicyclic) bond motifs is 2. The van der Waals surface area contributed by atoms with Crippen molar-refractivity contribution in [2.24, 2.45) is 0 Å². The first kappa shape index (κ1) is 30.7. The van der Waals surface area contributed by atoms with Gasteiger partial charge in [-0.2, -0.15) is 13.2 Å². The Hall–Kier alpha value is -4.30. The van der Waals surface area contributed by atoms with Crippen LogP contribution in [0.15, 0.2) is 36.4 Å². The van der Waals surface area contributed by atoms with Crippen LogP contribution in [0.5, 0.6) is 11.6 Å². The Kier molecular flexibility index (Phi) is 8.12. The van der Waals surface area contributed by atoms with Gasteiger partial charge >= 0.3 is 12.1 Å². The van der Waals surface area contributed by atoms with Crippen molar-refractivity contribution in [2.75, 3.05) is 20.3 Å². The monoisotopic (exact) mass is 632 g/mol. The molecule has 238 valence electrons. The summed E-state index contributed by atoms with van der Waals surface area (Å²) < 4.78 is 88.1. The van der Waals surface area contributed by atoms with Crippen molar-refractivity contribution in [3.63, 3.8) is 0 Å². The van der Waals surface area contributed by atoms with Crippen molar-refractivity contribution in [3.05, 3.63) is 81.8 Å². The van der Waals surface area contributed by atoms with E-state index < -0.39 is 47.9 Å². The average molecular weight is 633 g/mol. The van der Waals surface area contributed by atoms with Crippen LogP contribution in [0.2, 0.25) is 0 Å². The van der Waals surface area contributed by atoms with Crippen LogP contribution in [0.25, 0.3) is 11.0 Å². The van der Waals surface area contributed by atoms with Crippen molar-refractivity contribution in [1.29, 1.82) is 0 Å². The molecule has 1 fully saturated rings. The van der Waals surface area contributed by atoms with Crippen LogP contribution in [0.3, 0.4) is 0 Å². The molecule has 2 aromatic carbocycles. The predicted molar refractivity (Wildman–Crippen MR) is 150 cm³/mol. The molecule has 0 bridgehead atoms. The van der Waals surface area contributed by atoms with E-state index in [9.17, 15) is 31.9 Å². The fourth-order valence-corrected chi connectivity index (χ4v) is 5.71. The van der Waals surface area contributed by atoms with Crippen LogP contribution >= 0.6 is 0 Å². The maximum absolute atomic E-state index is 14.2. The number of methoxy groups -OCH3 is 1. The molecule has 6 rings (SSSR count). The van der Waals surface area contributed by atoms with E-state index in [1.165, 1.54) is 19.2 Å². The highest BCUT2D eigenvalue weighted by molar-refractivity contribution is 5.95. The highest BCUT2D eigenvalue weighted by atomic mass is 19.4. The number of carboxylic acids is 1. The molecular formula is C31H29F5N4O5. The largest absolute Gasteiger partial charge is 0.494 e. The maximum Gasteiger partial charge on any atom is 0.421 e. The summed E-state index contributed by atoms with van der Waals surface area (Å²) in [6.45, 7) is 2.96. The zero-order chi connectivity index (χ0) is 32.0. The highest BCUT2D eigenvalue weighted by Gasteiger charge is 2.39. The number of ether oxygens (including phenoxy) is 3. The lowest BCUT2D eigenvalue weighted by molar-refractivity contribution is -0.139.